The number of hydrogen-bond donors (Lipinski definition) is 2. The van der Waals surface area contributed by atoms with Gasteiger partial charge in [0.25, 0.3) is 0 Å². The first-order valence-corrected chi connectivity index (χ1v) is 9.29. The SMILES string of the molecule is CN1C=CC(C(=N)OC(=N)c2ccc3c(c2)N(C2COC2)C(=O)C3(C)C)=CC1. The molecule has 0 unspecified atom stereocenters. The summed E-state index contributed by atoms with van der Waals surface area (Å²) in [5, 5.41) is 16.5. The van der Waals surface area contributed by atoms with Crippen molar-refractivity contribution in [1.82, 2.24) is 4.90 Å². The third-order valence-electron chi connectivity index (χ3n) is 5.51. The van der Waals surface area contributed by atoms with Crippen molar-refractivity contribution >= 4 is 23.4 Å². The van der Waals surface area contributed by atoms with Gasteiger partial charge in [0.15, 0.2) is 0 Å². The fraction of sp³-hybridized carbons (Fsp3) is 0.381. The van der Waals surface area contributed by atoms with E-state index in [1.54, 1.807) is 17.0 Å². The van der Waals surface area contributed by atoms with Crippen molar-refractivity contribution in [2.24, 2.45) is 0 Å². The van der Waals surface area contributed by atoms with E-state index in [9.17, 15) is 4.79 Å². The number of anilines is 1. The maximum Gasteiger partial charge on any atom is 0.237 e. The molecule has 0 aliphatic carbocycles. The third kappa shape index (κ3) is 2.92. The molecule has 3 heterocycles. The van der Waals surface area contributed by atoms with E-state index in [0.717, 1.165) is 11.3 Å². The molecular weight excluding hydrogens is 356 g/mol. The molecular formula is C21H24N4O3. The molecule has 1 saturated heterocycles. The van der Waals surface area contributed by atoms with Crippen molar-refractivity contribution in [2.45, 2.75) is 25.3 Å². The van der Waals surface area contributed by atoms with Crippen LogP contribution < -0.4 is 4.90 Å². The van der Waals surface area contributed by atoms with Crippen LogP contribution in [0.1, 0.15) is 25.0 Å². The summed E-state index contributed by atoms with van der Waals surface area (Å²) in [6.07, 6.45) is 5.55. The zero-order chi connectivity index (χ0) is 20.1. The molecule has 1 aromatic rings. The average Bonchev–Trinajstić information content (AvgIpc) is 2.81. The lowest BCUT2D eigenvalue weighted by Gasteiger charge is -2.35. The molecule has 3 aliphatic heterocycles. The highest BCUT2D eigenvalue weighted by Crippen LogP contribution is 2.44. The number of likely N-dealkylation sites (N-methyl/N-ethyl adjacent to an activating group) is 1. The van der Waals surface area contributed by atoms with Gasteiger partial charge in [0.2, 0.25) is 17.7 Å². The van der Waals surface area contributed by atoms with Crippen LogP contribution in [-0.2, 0) is 19.7 Å². The van der Waals surface area contributed by atoms with Crippen molar-refractivity contribution in [3.8, 4) is 0 Å². The Hall–Kier alpha value is -2.93. The van der Waals surface area contributed by atoms with E-state index in [2.05, 4.69) is 0 Å². The summed E-state index contributed by atoms with van der Waals surface area (Å²) in [5.41, 5.74) is 2.32. The van der Waals surface area contributed by atoms with E-state index in [-0.39, 0.29) is 23.7 Å². The number of fused-ring (bicyclic) bond motifs is 1. The second kappa shape index (κ2) is 6.60. The molecule has 28 heavy (non-hydrogen) atoms. The zero-order valence-corrected chi connectivity index (χ0v) is 16.3. The Morgan fingerprint density at radius 1 is 1.25 bits per heavy atom. The second-order valence-electron chi connectivity index (χ2n) is 7.90. The van der Waals surface area contributed by atoms with Gasteiger partial charge in [-0.05, 0) is 43.8 Å². The van der Waals surface area contributed by atoms with E-state index < -0.39 is 5.41 Å². The largest absolute Gasteiger partial charge is 0.421 e. The maximum absolute atomic E-state index is 12.9. The van der Waals surface area contributed by atoms with Crippen molar-refractivity contribution in [3.05, 3.63) is 53.3 Å². The lowest BCUT2D eigenvalue weighted by molar-refractivity contribution is -0.124. The third-order valence-corrected chi connectivity index (χ3v) is 5.51. The summed E-state index contributed by atoms with van der Waals surface area (Å²) in [6, 6.07) is 5.52. The number of carbonyl (C=O) groups is 1. The number of carbonyl (C=O) groups excluding carboxylic acids is 1. The van der Waals surface area contributed by atoms with Gasteiger partial charge >= 0.3 is 0 Å². The number of amides is 1. The van der Waals surface area contributed by atoms with E-state index in [1.807, 2.05) is 50.2 Å². The highest BCUT2D eigenvalue weighted by Gasteiger charge is 2.48. The fourth-order valence-corrected chi connectivity index (χ4v) is 3.63. The van der Waals surface area contributed by atoms with Crippen LogP contribution in [0, 0.1) is 10.8 Å². The molecule has 7 nitrogen and oxygen atoms in total. The Morgan fingerprint density at radius 2 is 2.00 bits per heavy atom. The molecule has 0 radical (unpaired) electrons. The van der Waals surface area contributed by atoms with Crippen LogP contribution in [0.2, 0.25) is 0 Å². The summed E-state index contributed by atoms with van der Waals surface area (Å²) in [7, 11) is 1.95. The van der Waals surface area contributed by atoms with Gasteiger partial charge < -0.3 is 19.3 Å². The van der Waals surface area contributed by atoms with Crippen LogP contribution in [0.4, 0.5) is 5.69 Å². The number of benzene rings is 1. The van der Waals surface area contributed by atoms with Crippen LogP contribution >= 0.6 is 0 Å². The molecule has 7 heteroatoms. The second-order valence-corrected chi connectivity index (χ2v) is 7.90. The maximum atomic E-state index is 12.9. The predicted molar refractivity (Wildman–Crippen MR) is 107 cm³/mol. The summed E-state index contributed by atoms with van der Waals surface area (Å²) in [4.78, 5) is 16.7. The van der Waals surface area contributed by atoms with Gasteiger partial charge in [-0.15, -0.1) is 0 Å². The highest BCUT2D eigenvalue weighted by molar-refractivity contribution is 6.10. The van der Waals surface area contributed by atoms with Gasteiger partial charge in [-0.1, -0.05) is 12.1 Å². The first-order chi connectivity index (χ1) is 13.3. The lowest BCUT2D eigenvalue weighted by Crippen LogP contribution is -2.52. The molecule has 0 saturated carbocycles. The summed E-state index contributed by atoms with van der Waals surface area (Å²) in [5.74, 6) is -0.117. The molecule has 0 bridgehead atoms. The number of nitrogens with one attached hydrogen (secondary N) is 2. The molecule has 146 valence electrons. The smallest absolute Gasteiger partial charge is 0.237 e. The van der Waals surface area contributed by atoms with Crippen molar-refractivity contribution in [3.63, 3.8) is 0 Å². The summed E-state index contributed by atoms with van der Waals surface area (Å²) >= 11 is 0. The van der Waals surface area contributed by atoms with Gasteiger partial charge in [-0.2, -0.15) is 0 Å². The van der Waals surface area contributed by atoms with Crippen molar-refractivity contribution in [1.29, 1.82) is 10.8 Å². The standard InChI is InChI=1S/C21H24N4O3/c1-21(2)16-5-4-14(10-17(16)25(20(21)26)15-11-27-12-15)19(23)28-18(22)13-6-8-24(3)9-7-13/h4-8,10,15,22-23H,9,11-12H2,1-3H3. The first-order valence-electron chi connectivity index (χ1n) is 9.29. The summed E-state index contributed by atoms with van der Waals surface area (Å²) in [6.45, 7) is 5.59. The van der Waals surface area contributed by atoms with Gasteiger partial charge in [0.1, 0.15) is 0 Å². The van der Waals surface area contributed by atoms with Crippen LogP contribution in [0.25, 0.3) is 0 Å². The molecule has 2 N–H and O–H groups in total. The van der Waals surface area contributed by atoms with Gasteiger partial charge in [-0.25, -0.2) is 0 Å². The minimum absolute atomic E-state index is 0.0335. The minimum Gasteiger partial charge on any atom is -0.421 e. The Bertz CT molecular complexity index is 928. The number of ether oxygens (including phenoxy) is 2. The van der Waals surface area contributed by atoms with Crippen LogP contribution in [0.3, 0.4) is 0 Å². The number of rotatable bonds is 3. The fourth-order valence-electron chi connectivity index (χ4n) is 3.63. The predicted octanol–water partition coefficient (Wildman–Crippen LogP) is 2.41. The quantitative estimate of drug-likeness (QED) is 0.622. The molecule has 4 rings (SSSR count). The van der Waals surface area contributed by atoms with E-state index in [1.165, 1.54) is 0 Å². The normalized spacial score (nSPS) is 20.5. The molecule has 1 aromatic carbocycles. The topological polar surface area (TPSA) is 89.7 Å². The van der Waals surface area contributed by atoms with Gasteiger partial charge in [-0.3, -0.25) is 15.6 Å². The molecule has 0 spiro atoms. The Kier molecular flexibility index (Phi) is 4.34. The first kappa shape index (κ1) is 18.4. The van der Waals surface area contributed by atoms with Crippen molar-refractivity contribution in [2.75, 3.05) is 31.7 Å². The zero-order valence-electron chi connectivity index (χ0n) is 16.3. The molecule has 3 aliphatic rings. The monoisotopic (exact) mass is 380 g/mol. The van der Waals surface area contributed by atoms with Crippen LogP contribution in [-0.4, -0.2) is 55.5 Å². The Labute approximate surface area is 164 Å². The number of nitrogens with zero attached hydrogens (tertiary/aromatic N) is 2. The minimum atomic E-state index is -0.608. The average molecular weight is 380 g/mol. The highest BCUT2D eigenvalue weighted by atomic mass is 16.5. The molecule has 1 amide bonds. The Morgan fingerprint density at radius 3 is 2.61 bits per heavy atom. The molecule has 1 fully saturated rings. The van der Waals surface area contributed by atoms with Crippen LogP contribution in [0.5, 0.6) is 0 Å². The summed E-state index contributed by atoms with van der Waals surface area (Å²) < 4.78 is 10.8. The van der Waals surface area contributed by atoms with E-state index >= 15 is 0 Å². The van der Waals surface area contributed by atoms with Gasteiger partial charge in [0, 0.05) is 30.4 Å². The molecule has 0 atom stereocenters. The Balaban J connectivity index is 1.58. The molecule has 0 aromatic heterocycles. The van der Waals surface area contributed by atoms with Crippen molar-refractivity contribution < 1.29 is 14.3 Å². The number of hydrogen-bond acceptors (Lipinski definition) is 6. The lowest BCUT2D eigenvalue weighted by atomic mass is 9.86. The van der Waals surface area contributed by atoms with Crippen LogP contribution in [0.15, 0.2) is 42.1 Å². The van der Waals surface area contributed by atoms with E-state index in [0.29, 0.717) is 30.9 Å². The van der Waals surface area contributed by atoms with Gasteiger partial charge in [0.05, 0.1) is 24.7 Å². The van der Waals surface area contributed by atoms with E-state index in [4.69, 9.17) is 20.3 Å².